The predicted octanol–water partition coefficient (Wildman–Crippen LogP) is 0.552. The molecule has 1 aliphatic rings. The van der Waals surface area contributed by atoms with Crippen LogP contribution < -0.4 is 5.32 Å². The highest BCUT2D eigenvalue weighted by Gasteiger charge is 2.28. The quantitative estimate of drug-likeness (QED) is 0.721. The van der Waals surface area contributed by atoms with Gasteiger partial charge in [0.1, 0.15) is 6.61 Å². The van der Waals surface area contributed by atoms with E-state index in [9.17, 15) is 9.59 Å². The van der Waals surface area contributed by atoms with E-state index in [1.165, 1.54) is 16.7 Å². The molecule has 0 unspecified atom stereocenters. The van der Waals surface area contributed by atoms with Crippen molar-refractivity contribution < 1.29 is 19.1 Å². The van der Waals surface area contributed by atoms with Crippen LogP contribution in [0, 0.1) is 0 Å². The summed E-state index contributed by atoms with van der Waals surface area (Å²) in [4.78, 5) is 29.4. The number of nitrogens with zero attached hydrogens (tertiary/aromatic N) is 2. The van der Waals surface area contributed by atoms with Crippen LogP contribution in [0.4, 0.5) is 0 Å². The number of rotatable bonds is 7. The maximum absolute atomic E-state index is 12.1. The van der Waals surface area contributed by atoms with Gasteiger partial charge in [-0.25, -0.2) is 4.98 Å². The summed E-state index contributed by atoms with van der Waals surface area (Å²) in [5, 5.41) is 3.73. The Morgan fingerprint density at radius 3 is 3.00 bits per heavy atom. The Labute approximate surface area is 146 Å². The second kappa shape index (κ2) is 9.61. The second-order valence-electron chi connectivity index (χ2n) is 5.63. The number of hydrogen-bond donors (Lipinski definition) is 1. The third kappa shape index (κ3) is 6.10. The number of ether oxygens (including phenoxy) is 2. The lowest BCUT2D eigenvalue weighted by atomic mass is 10.1. The van der Waals surface area contributed by atoms with Crippen LogP contribution in [0.2, 0.25) is 0 Å². The summed E-state index contributed by atoms with van der Waals surface area (Å²) in [6, 6.07) is 5.33. The SMILES string of the molecule is CN(C)C(=O)CO[C@H]1CCOC[C@H]1NC(=O)CSc1ccccn1. The Hall–Kier alpha value is -1.64. The number of amides is 2. The Morgan fingerprint density at radius 1 is 1.46 bits per heavy atom. The molecule has 1 aromatic heterocycles. The molecule has 0 radical (unpaired) electrons. The van der Waals surface area contributed by atoms with E-state index in [2.05, 4.69) is 10.3 Å². The van der Waals surface area contributed by atoms with Gasteiger partial charge in [0, 0.05) is 26.9 Å². The van der Waals surface area contributed by atoms with E-state index in [-0.39, 0.29) is 36.3 Å². The van der Waals surface area contributed by atoms with Crippen LogP contribution >= 0.6 is 11.8 Å². The zero-order valence-electron chi connectivity index (χ0n) is 13.9. The van der Waals surface area contributed by atoms with Crippen molar-refractivity contribution in [3.8, 4) is 0 Å². The molecule has 0 aliphatic carbocycles. The smallest absolute Gasteiger partial charge is 0.248 e. The van der Waals surface area contributed by atoms with Crippen molar-refractivity contribution in [2.45, 2.75) is 23.6 Å². The topological polar surface area (TPSA) is 80.8 Å². The van der Waals surface area contributed by atoms with E-state index in [1.807, 2.05) is 18.2 Å². The zero-order valence-corrected chi connectivity index (χ0v) is 14.8. The summed E-state index contributed by atoms with van der Waals surface area (Å²) in [5.74, 6) is 0.0719. The molecule has 1 aliphatic heterocycles. The van der Waals surface area contributed by atoms with Gasteiger partial charge in [-0.1, -0.05) is 17.8 Å². The fraction of sp³-hybridized carbons (Fsp3) is 0.562. The standard InChI is InChI=1S/C16H23N3O4S/c1-19(2)16(21)10-23-13-6-8-22-9-12(13)18-14(20)11-24-15-5-3-4-7-17-15/h3-5,7,12-13H,6,8-11H2,1-2H3,(H,18,20)/t12-,13+/m1/s1. The largest absolute Gasteiger partial charge is 0.379 e. The number of thioether (sulfide) groups is 1. The lowest BCUT2D eigenvalue weighted by Gasteiger charge is -2.32. The molecule has 1 saturated heterocycles. The Balaban J connectivity index is 1.79. The van der Waals surface area contributed by atoms with Gasteiger partial charge in [0.05, 0.1) is 29.5 Å². The molecule has 0 spiro atoms. The highest BCUT2D eigenvalue weighted by atomic mass is 32.2. The number of carbonyl (C=O) groups is 2. The van der Waals surface area contributed by atoms with E-state index in [1.54, 1.807) is 20.3 Å². The molecular weight excluding hydrogens is 330 g/mol. The summed E-state index contributed by atoms with van der Waals surface area (Å²) in [5.41, 5.74) is 0. The first kappa shape index (κ1) is 18.7. The Bertz CT molecular complexity index is 541. The molecule has 2 heterocycles. The van der Waals surface area contributed by atoms with Crippen LogP contribution in [0.3, 0.4) is 0 Å². The molecule has 0 bridgehead atoms. The minimum atomic E-state index is -0.245. The Morgan fingerprint density at radius 2 is 2.29 bits per heavy atom. The molecule has 2 atom stereocenters. The third-order valence-corrected chi connectivity index (χ3v) is 4.49. The minimum Gasteiger partial charge on any atom is -0.379 e. The average Bonchev–Trinajstić information content (AvgIpc) is 2.59. The van der Waals surface area contributed by atoms with Crippen LogP contribution in [-0.4, -0.2) is 73.5 Å². The van der Waals surface area contributed by atoms with Gasteiger partial charge in [-0.15, -0.1) is 0 Å². The summed E-state index contributed by atoms with van der Waals surface area (Å²) < 4.78 is 11.1. The van der Waals surface area contributed by atoms with Crippen LogP contribution in [0.25, 0.3) is 0 Å². The van der Waals surface area contributed by atoms with Crippen LogP contribution in [0.5, 0.6) is 0 Å². The predicted molar refractivity (Wildman–Crippen MR) is 90.8 cm³/mol. The molecule has 2 rings (SSSR count). The van der Waals surface area contributed by atoms with Crippen molar-refractivity contribution >= 4 is 23.6 Å². The third-order valence-electron chi connectivity index (χ3n) is 3.55. The first-order valence-electron chi connectivity index (χ1n) is 7.79. The number of aromatic nitrogens is 1. The summed E-state index contributed by atoms with van der Waals surface area (Å²) >= 11 is 1.37. The number of pyridine rings is 1. The first-order valence-corrected chi connectivity index (χ1v) is 8.77. The van der Waals surface area contributed by atoms with Crippen molar-refractivity contribution in [3.05, 3.63) is 24.4 Å². The lowest BCUT2D eigenvalue weighted by molar-refractivity contribution is -0.139. The summed E-state index contributed by atoms with van der Waals surface area (Å²) in [7, 11) is 3.37. The van der Waals surface area contributed by atoms with Gasteiger partial charge in [0.15, 0.2) is 0 Å². The lowest BCUT2D eigenvalue weighted by Crippen LogP contribution is -2.51. The molecular formula is C16H23N3O4S. The van der Waals surface area contributed by atoms with E-state index >= 15 is 0 Å². The maximum atomic E-state index is 12.1. The van der Waals surface area contributed by atoms with Gasteiger partial charge in [-0.05, 0) is 18.6 Å². The second-order valence-corrected chi connectivity index (χ2v) is 6.63. The fourth-order valence-electron chi connectivity index (χ4n) is 2.18. The van der Waals surface area contributed by atoms with Gasteiger partial charge in [-0.2, -0.15) is 0 Å². The van der Waals surface area contributed by atoms with E-state index in [0.29, 0.717) is 19.6 Å². The van der Waals surface area contributed by atoms with Crippen molar-refractivity contribution in [1.82, 2.24) is 15.2 Å². The summed E-state index contributed by atoms with van der Waals surface area (Å²) in [6.45, 7) is 0.962. The highest BCUT2D eigenvalue weighted by Crippen LogP contribution is 2.15. The molecule has 7 nitrogen and oxygen atoms in total. The van der Waals surface area contributed by atoms with Crippen molar-refractivity contribution in [3.63, 3.8) is 0 Å². The number of likely N-dealkylation sites (N-methyl/N-ethyl adjacent to an activating group) is 1. The van der Waals surface area contributed by atoms with Gasteiger partial charge in [-0.3, -0.25) is 9.59 Å². The van der Waals surface area contributed by atoms with Gasteiger partial charge in [0.25, 0.3) is 0 Å². The van der Waals surface area contributed by atoms with Crippen molar-refractivity contribution in [2.75, 3.05) is 39.7 Å². The van der Waals surface area contributed by atoms with E-state index < -0.39 is 0 Å². The fourth-order valence-corrected chi connectivity index (χ4v) is 2.85. The number of nitrogens with one attached hydrogen (secondary N) is 1. The van der Waals surface area contributed by atoms with E-state index in [4.69, 9.17) is 9.47 Å². The van der Waals surface area contributed by atoms with Gasteiger partial charge in [0.2, 0.25) is 11.8 Å². The first-order chi connectivity index (χ1) is 11.6. The zero-order chi connectivity index (χ0) is 17.4. The Kier molecular flexibility index (Phi) is 7.48. The molecule has 0 saturated carbocycles. The molecule has 1 fully saturated rings. The number of carbonyl (C=O) groups excluding carboxylic acids is 2. The molecule has 1 N–H and O–H groups in total. The van der Waals surface area contributed by atoms with Crippen molar-refractivity contribution in [2.24, 2.45) is 0 Å². The van der Waals surface area contributed by atoms with Gasteiger partial charge >= 0.3 is 0 Å². The monoisotopic (exact) mass is 353 g/mol. The molecule has 0 aromatic carbocycles. The average molecular weight is 353 g/mol. The van der Waals surface area contributed by atoms with Crippen molar-refractivity contribution in [1.29, 1.82) is 0 Å². The van der Waals surface area contributed by atoms with Crippen LogP contribution in [0.15, 0.2) is 29.4 Å². The maximum Gasteiger partial charge on any atom is 0.248 e. The van der Waals surface area contributed by atoms with Crippen LogP contribution in [0.1, 0.15) is 6.42 Å². The normalized spacial score (nSPS) is 20.4. The number of hydrogen-bond acceptors (Lipinski definition) is 6. The minimum absolute atomic E-state index is 0.00667. The molecule has 8 heteroatoms. The van der Waals surface area contributed by atoms with E-state index in [0.717, 1.165) is 5.03 Å². The van der Waals surface area contributed by atoms with Crippen LogP contribution in [-0.2, 0) is 19.1 Å². The highest BCUT2D eigenvalue weighted by molar-refractivity contribution is 7.99. The molecule has 132 valence electrons. The molecule has 1 aromatic rings. The molecule has 2 amide bonds. The molecule has 24 heavy (non-hydrogen) atoms. The summed E-state index contributed by atoms with van der Waals surface area (Å²) in [6.07, 6.45) is 2.13. The van der Waals surface area contributed by atoms with Gasteiger partial charge < -0.3 is 19.7 Å².